The highest BCUT2D eigenvalue weighted by atomic mass is 32.1. The fraction of sp³-hybridized carbons (Fsp3) is 0.143. The highest BCUT2D eigenvalue weighted by Crippen LogP contribution is 2.33. The summed E-state index contributed by atoms with van der Waals surface area (Å²) in [6.45, 7) is 4.11. The van der Waals surface area contributed by atoms with Crippen LogP contribution < -0.4 is 0 Å². The molecule has 0 radical (unpaired) electrons. The molecule has 2 aromatic carbocycles. The van der Waals surface area contributed by atoms with E-state index in [2.05, 4.69) is 13.0 Å². The Morgan fingerprint density at radius 1 is 1.22 bits per heavy atom. The molecule has 27 heavy (non-hydrogen) atoms. The van der Waals surface area contributed by atoms with Gasteiger partial charge in [-0.2, -0.15) is 5.26 Å². The van der Waals surface area contributed by atoms with Gasteiger partial charge in [-0.05, 0) is 37.1 Å². The zero-order chi connectivity index (χ0) is 19.4. The number of aromatic nitrogens is 1. The van der Waals surface area contributed by atoms with Crippen LogP contribution in [0, 0.1) is 28.4 Å². The first kappa shape index (κ1) is 18.5. The number of nitro benzene ring substituents is 1. The Balaban J connectivity index is 1.99. The van der Waals surface area contributed by atoms with E-state index in [0.29, 0.717) is 10.6 Å². The summed E-state index contributed by atoms with van der Waals surface area (Å²) in [6, 6.07) is 16.5. The van der Waals surface area contributed by atoms with Crippen LogP contribution >= 0.6 is 11.3 Å². The standard InChI is InChI=1S/C21H17N3O2S/c1-3-19-20(16-8-4-14(2)5-9-16)23-21(27-19)17(13-22)12-15-6-10-18(11-7-15)24(25)26/h4-12H,3H2,1-2H3. The quantitative estimate of drug-likeness (QED) is 0.328. The third-order valence-electron chi connectivity index (χ3n) is 4.11. The van der Waals surface area contributed by atoms with E-state index < -0.39 is 4.92 Å². The van der Waals surface area contributed by atoms with Crippen LogP contribution in [-0.2, 0) is 6.42 Å². The predicted molar refractivity (Wildman–Crippen MR) is 108 cm³/mol. The minimum Gasteiger partial charge on any atom is -0.258 e. The summed E-state index contributed by atoms with van der Waals surface area (Å²) in [5.74, 6) is 0. The number of nitriles is 1. The molecule has 0 aliphatic rings. The van der Waals surface area contributed by atoms with Crippen molar-refractivity contribution in [2.75, 3.05) is 0 Å². The molecule has 5 nitrogen and oxygen atoms in total. The first-order valence-electron chi connectivity index (χ1n) is 8.45. The van der Waals surface area contributed by atoms with E-state index in [1.54, 1.807) is 18.2 Å². The number of hydrogen-bond donors (Lipinski definition) is 0. The lowest BCUT2D eigenvalue weighted by molar-refractivity contribution is -0.384. The van der Waals surface area contributed by atoms with E-state index in [9.17, 15) is 15.4 Å². The van der Waals surface area contributed by atoms with Crippen LogP contribution in [-0.4, -0.2) is 9.91 Å². The molecule has 3 rings (SSSR count). The molecule has 3 aromatic rings. The van der Waals surface area contributed by atoms with E-state index in [1.807, 2.05) is 31.2 Å². The van der Waals surface area contributed by atoms with Crippen molar-refractivity contribution in [3.05, 3.63) is 79.7 Å². The molecule has 0 fully saturated rings. The van der Waals surface area contributed by atoms with Crippen LogP contribution in [0.4, 0.5) is 5.69 Å². The molecule has 0 bridgehead atoms. The van der Waals surface area contributed by atoms with Gasteiger partial charge in [0.1, 0.15) is 11.1 Å². The first-order chi connectivity index (χ1) is 13.0. The van der Waals surface area contributed by atoms with Crippen molar-refractivity contribution >= 4 is 28.7 Å². The lowest BCUT2D eigenvalue weighted by atomic mass is 10.1. The number of hydrogen-bond acceptors (Lipinski definition) is 5. The zero-order valence-corrected chi connectivity index (χ0v) is 15.8. The molecule has 0 spiro atoms. The van der Waals surface area contributed by atoms with Gasteiger partial charge in [-0.1, -0.05) is 36.8 Å². The molecule has 1 heterocycles. The van der Waals surface area contributed by atoms with Gasteiger partial charge < -0.3 is 0 Å². The third-order valence-corrected chi connectivity index (χ3v) is 5.34. The van der Waals surface area contributed by atoms with Crippen molar-refractivity contribution < 1.29 is 4.92 Å². The molecule has 1 aromatic heterocycles. The molecule has 0 aliphatic heterocycles. The molecule has 0 aliphatic carbocycles. The molecule has 0 atom stereocenters. The number of rotatable bonds is 5. The Labute approximate surface area is 161 Å². The SMILES string of the molecule is CCc1sc(C(C#N)=Cc2ccc([N+](=O)[O-])cc2)nc1-c1ccc(C)cc1. The number of non-ortho nitro benzene ring substituents is 1. The summed E-state index contributed by atoms with van der Waals surface area (Å²) < 4.78 is 0. The fourth-order valence-corrected chi connectivity index (χ4v) is 3.63. The Morgan fingerprint density at radius 3 is 2.44 bits per heavy atom. The minimum absolute atomic E-state index is 0.0230. The van der Waals surface area contributed by atoms with Crippen LogP contribution in [0.25, 0.3) is 22.9 Å². The Bertz CT molecular complexity index is 1040. The van der Waals surface area contributed by atoms with Crippen molar-refractivity contribution in [1.29, 1.82) is 5.26 Å². The normalized spacial score (nSPS) is 11.2. The second-order valence-corrected chi connectivity index (χ2v) is 7.11. The number of allylic oxidation sites excluding steroid dienone is 1. The van der Waals surface area contributed by atoms with Gasteiger partial charge in [-0.15, -0.1) is 11.3 Å². The Kier molecular flexibility index (Phi) is 5.43. The van der Waals surface area contributed by atoms with Crippen molar-refractivity contribution in [3.63, 3.8) is 0 Å². The smallest absolute Gasteiger partial charge is 0.258 e. The largest absolute Gasteiger partial charge is 0.269 e. The van der Waals surface area contributed by atoms with E-state index in [4.69, 9.17) is 4.98 Å². The molecule has 0 N–H and O–H groups in total. The van der Waals surface area contributed by atoms with Gasteiger partial charge in [0.25, 0.3) is 5.69 Å². The number of aryl methyl sites for hydroxylation is 2. The van der Waals surface area contributed by atoms with Gasteiger partial charge in [-0.3, -0.25) is 10.1 Å². The van der Waals surface area contributed by atoms with E-state index in [-0.39, 0.29) is 5.69 Å². The third kappa shape index (κ3) is 4.10. The van der Waals surface area contributed by atoms with Crippen molar-refractivity contribution in [2.45, 2.75) is 20.3 Å². The Hall–Kier alpha value is -3.30. The van der Waals surface area contributed by atoms with Crippen molar-refractivity contribution in [2.24, 2.45) is 0 Å². The molecule has 134 valence electrons. The summed E-state index contributed by atoms with van der Waals surface area (Å²) >= 11 is 1.51. The van der Waals surface area contributed by atoms with Gasteiger partial charge in [0.05, 0.1) is 16.2 Å². The van der Waals surface area contributed by atoms with E-state index in [1.165, 1.54) is 29.0 Å². The summed E-state index contributed by atoms with van der Waals surface area (Å²) in [5, 5.41) is 21.0. The van der Waals surface area contributed by atoms with Crippen LogP contribution in [0.15, 0.2) is 48.5 Å². The second-order valence-electron chi connectivity index (χ2n) is 6.03. The lowest BCUT2D eigenvalue weighted by Gasteiger charge is -2.00. The summed E-state index contributed by atoms with van der Waals surface area (Å²) in [7, 11) is 0. The maximum absolute atomic E-state index is 10.8. The highest BCUT2D eigenvalue weighted by Gasteiger charge is 2.15. The molecule has 0 amide bonds. The number of thiazole rings is 1. The molecule has 6 heteroatoms. The van der Waals surface area contributed by atoms with Crippen molar-refractivity contribution in [1.82, 2.24) is 4.98 Å². The summed E-state index contributed by atoms with van der Waals surface area (Å²) in [4.78, 5) is 16.2. The van der Waals surface area contributed by atoms with Crippen LogP contribution in [0.1, 0.15) is 27.9 Å². The Morgan fingerprint density at radius 2 is 1.89 bits per heavy atom. The van der Waals surface area contributed by atoms with Crippen LogP contribution in [0.5, 0.6) is 0 Å². The lowest BCUT2D eigenvalue weighted by Crippen LogP contribution is -1.87. The topological polar surface area (TPSA) is 79.8 Å². The van der Waals surface area contributed by atoms with E-state index in [0.717, 1.165) is 28.1 Å². The first-order valence-corrected chi connectivity index (χ1v) is 9.27. The average Bonchev–Trinajstić information content (AvgIpc) is 3.11. The second kappa shape index (κ2) is 7.94. The molecule has 0 saturated heterocycles. The average molecular weight is 375 g/mol. The minimum atomic E-state index is -0.444. The summed E-state index contributed by atoms with van der Waals surface area (Å²) in [6.07, 6.45) is 2.54. The summed E-state index contributed by atoms with van der Waals surface area (Å²) in [5.41, 5.74) is 4.32. The van der Waals surface area contributed by atoms with Gasteiger partial charge in [0.15, 0.2) is 0 Å². The number of nitrogens with zero attached hydrogens (tertiary/aromatic N) is 3. The van der Waals surface area contributed by atoms with Gasteiger partial charge in [0.2, 0.25) is 0 Å². The molecule has 0 saturated carbocycles. The van der Waals surface area contributed by atoms with Gasteiger partial charge >= 0.3 is 0 Å². The number of benzene rings is 2. The molecular formula is C21H17N3O2S. The van der Waals surface area contributed by atoms with Crippen molar-refractivity contribution in [3.8, 4) is 17.3 Å². The van der Waals surface area contributed by atoms with Gasteiger partial charge in [0, 0.05) is 22.6 Å². The maximum atomic E-state index is 10.8. The van der Waals surface area contributed by atoms with Crippen LogP contribution in [0.2, 0.25) is 0 Å². The predicted octanol–water partition coefficient (Wildman–Crippen LogP) is 5.65. The molecular weight excluding hydrogens is 358 g/mol. The van der Waals surface area contributed by atoms with Gasteiger partial charge in [-0.25, -0.2) is 4.98 Å². The fourth-order valence-electron chi connectivity index (χ4n) is 2.64. The number of nitro groups is 1. The molecule has 0 unspecified atom stereocenters. The monoisotopic (exact) mass is 375 g/mol. The maximum Gasteiger partial charge on any atom is 0.269 e. The zero-order valence-electron chi connectivity index (χ0n) is 15.0. The van der Waals surface area contributed by atoms with Crippen LogP contribution in [0.3, 0.4) is 0 Å². The van der Waals surface area contributed by atoms with E-state index >= 15 is 0 Å². The highest BCUT2D eigenvalue weighted by molar-refractivity contribution is 7.13.